The summed E-state index contributed by atoms with van der Waals surface area (Å²) in [6.45, 7) is 0. The number of hydrogen-bond acceptors (Lipinski definition) is 4. The average Bonchev–Trinajstić information content (AvgIpc) is 2.71. The number of hydrogen-bond donors (Lipinski definition) is 2. The number of ether oxygens (including phenoxy) is 1. The number of carbonyl (C=O) groups is 3. The molecule has 1 fully saturated rings. The highest BCUT2D eigenvalue weighted by molar-refractivity contribution is 6.32. The van der Waals surface area contributed by atoms with Crippen molar-refractivity contribution in [1.29, 1.82) is 0 Å². The smallest absolute Gasteiger partial charge is 0.329 e. The zero-order valence-electron chi connectivity index (χ0n) is 11.1. The summed E-state index contributed by atoms with van der Waals surface area (Å²) in [4.78, 5) is 35.5. The van der Waals surface area contributed by atoms with E-state index < -0.39 is 23.9 Å². The first-order valence-corrected chi connectivity index (χ1v) is 6.51. The van der Waals surface area contributed by atoms with Gasteiger partial charge in [-0.3, -0.25) is 9.59 Å². The van der Waals surface area contributed by atoms with Gasteiger partial charge in [-0.1, -0.05) is 11.6 Å². The highest BCUT2D eigenvalue weighted by Crippen LogP contribution is 2.30. The van der Waals surface area contributed by atoms with Crippen molar-refractivity contribution in [3.63, 3.8) is 0 Å². The molecule has 7 nitrogen and oxygen atoms in total. The van der Waals surface area contributed by atoms with Crippen LogP contribution in [0.2, 0.25) is 5.02 Å². The fourth-order valence-electron chi connectivity index (χ4n) is 2.03. The van der Waals surface area contributed by atoms with E-state index in [-0.39, 0.29) is 17.9 Å². The molecule has 1 heterocycles. The number of nitrogens with zero attached hydrogens (tertiary/aromatic N) is 1. The molecule has 1 atom stereocenters. The molecule has 0 bridgehead atoms. The second-order valence-corrected chi connectivity index (χ2v) is 4.83. The molecule has 1 saturated heterocycles. The second kappa shape index (κ2) is 6.01. The van der Waals surface area contributed by atoms with Crippen LogP contribution in [0.4, 0.5) is 10.5 Å². The third-order valence-corrected chi connectivity index (χ3v) is 3.36. The highest BCUT2D eigenvalue weighted by atomic mass is 35.5. The van der Waals surface area contributed by atoms with E-state index in [0.717, 1.165) is 4.90 Å². The highest BCUT2D eigenvalue weighted by Gasteiger charge is 2.39. The maximum Gasteiger partial charge on any atom is 0.329 e. The summed E-state index contributed by atoms with van der Waals surface area (Å²) in [6.07, 6.45) is -0.159. The monoisotopic (exact) mass is 312 g/mol. The van der Waals surface area contributed by atoms with Crippen molar-refractivity contribution in [3.05, 3.63) is 23.2 Å². The standard InChI is InChI=1S/C13H13ClN2O5/c1-21-10-4-2-7(6-8(10)14)16-12(19)9(15-13(16)20)3-5-11(17)18/h2,4,6,9H,3,5H2,1H3,(H,15,20)(H,17,18)/t9-/m0/s1. The SMILES string of the molecule is COc1ccc(N2C(=O)N[C@@H](CCC(=O)O)C2=O)cc1Cl. The summed E-state index contributed by atoms with van der Waals surface area (Å²) < 4.78 is 5.00. The molecule has 2 N–H and O–H groups in total. The van der Waals surface area contributed by atoms with Crippen LogP contribution in [-0.4, -0.2) is 36.2 Å². The quantitative estimate of drug-likeness (QED) is 0.806. The fourth-order valence-corrected chi connectivity index (χ4v) is 2.29. The molecule has 1 aromatic rings. The van der Waals surface area contributed by atoms with Crippen LogP contribution in [0.3, 0.4) is 0 Å². The molecule has 2 rings (SSSR count). The number of carbonyl (C=O) groups excluding carboxylic acids is 2. The van der Waals surface area contributed by atoms with Crippen molar-refractivity contribution in [2.45, 2.75) is 18.9 Å². The van der Waals surface area contributed by atoms with Gasteiger partial charge in [-0.25, -0.2) is 9.69 Å². The normalized spacial score (nSPS) is 17.8. The summed E-state index contributed by atoms with van der Waals surface area (Å²) in [5.74, 6) is -1.10. The number of anilines is 1. The first-order valence-electron chi connectivity index (χ1n) is 6.14. The van der Waals surface area contributed by atoms with Gasteiger partial charge in [-0.15, -0.1) is 0 Å². The molecule has 8 heteroatoms. The van der Waals surface area contributed by atoms with Crippen molar-refractivity contribution >= 4 is 35.2 Å². The summed E-state index contributed by atoms with van der Waals surface area (Å²) in [6, 6.07) is 3.08. The number of carboxylic acids is 1. The zero-order chi connectivity index (χ0) is 15.6. The van der Waals surface area contributed by atoms with Gasteiger partial charge in [0.25, 0.3) is 5.91 Å². The molecule has 112 valence electrons. The minimum Gasteiger partial charge on any atom is -0.495 e. The predicted molar refractivity (Wildman–Crippen MR) is 74.7 cm³/mol. The lowest BCUT2D eigenvalue weighted by molar-refractivity contribution is -0.137. The van der Waals surface area contributed by atoms with Gasteiger partial charge in [0.2, 0.25) is 0 Å². The largest absolute Gasteiger partial charge is 0.495 e. The Balaban J connectivity index is 2.20. The zero-order valence-corrected chi connectivity index (χ0v) is 11.9. The topological polar surface area (TPSA) is 95.9 Å². The Morgan fingerprint density at radius 1 is 1.48 bits per heavy atom. The van der Waals surface area contributed by atoms with E-state index in [0.29, 0.717) is 11.4 Å². The average molecular weight is 313 g/mol. The second-order valence-electron chi connectivity index (χ2n) is 4.43. The number of halogens is 1. The third-order valence-electron chi connectivity index (χ3n) is 3.06. The van der Waals surface area contributed by atoms with Gasteiger partial charge in [0.05, 0.1) is 17.8 Å². The summed E-state index contributed by atoms with van der Waals surface area (Å²) in [7, 11) is 1.45. The van der Waals surface area contributed by atoms with E-state index in [2.05, 4.69) is 5.32 Å². The number of aliphatic carboxylic acids is 1. The number of carboxylic acid groups (broad SMARTS) is 1. The molecule has 21 heavy (non-hydrogen) atoms. The van der Waals surface area contributed by atoms with Crippen molar-refractivity contribution in [2.24, 2.45) is 0 Å². The van der Waals surface area contributed by atoms with Gasteiger partial charge >= 0.3 is 12.0 Å². The van der Waals surface area contributed by atoms with Crippen LogP contribution in [0.5, 0.6) is 5.75 Å². The van der Waals surface area contributed by atoms with Gasteiger partial charge in [0, 0.05) is 6.42 Å². The third kappa shape index (κ3) is 3.08. The van der Waals surface area contributed by atoms with Gasteiger partial charge < -0.3 is 15.2 Å². The van der Waals surface area contributed by atoms with Crippen molar-refractivity contribution in [1.82, 2.24) is 5.32 Å². The minimum atomic E-state index is -1.03. The summed E-state index contributed by atoms with van der Waals surface area (Å²) in [5.41, 5.74) is 0.307. The molecule has 3 amide bonds. The van der Waals surface area contributed by atoms with E-state index in [1.165, 1.54) is 19.2 Å². The van der Waals surface area contributed by atoms with E-state index >= 15 is 0 Å². The lowest BCUT2D eigenvalue weighted by Crippen LogP contribution is -2.31. The molecular formula is C13H13ClN2O5. The van der Waals surface area contributed by atoms with Crippen LogP contribution >= 0.6 is 11.6 Å². The van der Waals surface area contributed by atoms with Crippen LogP contribution < -0.4 is 15.0 Å². The number of benzene rings is 1. The van der Waals surface area contributed by atoms with Crippen molar-refractivity contribution < 1.29 is 24.2 Å². The van der Waals surface area contributed by atoms with Crippen LogP contribution in [0.25, 0.3) is 0 Å². The van der Waals surface area contributed by atoms with Crippen LogP contribution in [0.1, 0.15) is 12.8 Å². The Kier molecular flexibility index (Phi) is 4.32. The lowest BCUT2D eigenvalue weighted by atomic mass is 10.1. The maximum atomic E-state index is 12.2. The molecule has 0 spiro atoms. The molecule has 0 unspecified atom stereocenters. The Hall–Kier alpha value is -2.28. The number of urea groups is 1. The van der Waals surface area contributed by atoms with Crippen LogP contribution in [0, 0.1) is 0 Å². The Labute approximate surface area is 125 Å². The van der Waals surface area contributed by atoms with Crippen molar-refractivity contribution in [3.8, 4) is 5.75 Å². The number of rotatable bonds is 5. The molecule has 0 saturated carbocycles. The van der Waals surface area contributed by atoms with Crippen LogP contribution in [0.15, 0.2) is 18.2 Å². The number of nitrogens with one attached hydrogen (secondary N) is 1. The number of amides is 3. The fraction of sp³-hybridized carbons (Fsp3) is 0.308. The molecule has 0 aromatic heterocycles. The Morgan fingerprint density at radius 2 is 2.19 bits per heavy atom. The van der Waals surface area contributed by atoms with E-state index in [4.69, 9.17) is 21.4 Å². The maximum absolute atomic E-state index is 12.2. The molecule has 1 aromatic carbocycles. The minimum absolute atomic E-state index is 0.0420. The van der Waals surface area contributed by atoms with Crippen LogP contribution in [-0.2, 0) is 9.59 Å². The summed E-state index contributed by atoms with van der Waals surface area (Å²) in [5, 5.41) is 11.4. The van der Waals surface area contributed by atoms with Gasteiger partial charge in [0.1, 0.15) is 11.8 Å². The Morgan fingerprint density at radius 3 is 2.76 bits per heavy atom. The molecule has 1 aliphatic rings. The van der Waals surface area contributed by atoms with E-state index in [9.17, 15) is 14.4 Å². The van der Waals surface area contributed by atoms with Crippen molar-refractivity contribution in [2.75, 3.05) is 12.0 Å². The first kappa shape index (κ1) is 15.1. The molecule has 1 aliphatic heterocycles. The van der Waals surface area contributed by atoms with Gasteiger partial charge in [-0.2, -0.15) is 0 Å². The first-order chi connectivity index (χ1) is 9.93. The summed E-state index contributed by atoms with van der Waals surface area (Å²) >= 11 is 5.97. The molecule has 0 aliphatic carbocycles. The number of methoxy groups -OCH3 is 1. The molecular weight excluding hydrogens is 300 g/mol. The molecule has 0 radical (unpaired) electrons. The van der Waals surface area contributed by atoms with E-state index in [1.807, 2.05) is 0 Å². The van der Waals surface area contributed by atoms with E-state index in [1.54, 1.807) is 6.07 Å². The van der Waals surface area contributed by atoms with Gasteiger partial charge in [0.15, 0.2) is 0 Å². The lowest BCUT2D eigenvalue weighted by Gasteiger charge is -2.14. The number of imide groups is 1. The predicted octanol–water partition coefficient (Wildman–Crippen LogP) is 1.64. The van der Waals surface area contributed by atoms with Gasteiger partial charge in [-0.05, 0) is 24.6 Å². The Bertz CT molecular complexity index is 604.